The van der Waals surface area contributed by atoms with Gasteiger partial charge in [-0.25, -0.2) is 9.78 Å². The normalized spacial score (nSPS) is 22.4. The number of carbonyl (C=O) groups is 3. The number of nitrogens with zero attached hydrogens (tertiary/aromatic N) is 7. The van der Waals surface area contributed by atoms with Gasteiger partial charge in [-0.1, -0.05) is 12.1 Å². The largest absolute Gasteiger partial charge is 0.491 e. The summed E-state index contributed by atoms with van der Waals surface area (Å²) in [6, 6.07) is 15.1. The van der Waals surface area contributed by atoms with Gasteiger partial charge in [0.1, 0.15) is 17.5 Å². The molecule has 2 bridgehead atoms. The first-order valence-electron chi connectivity index (χ1n) is 20.8. The lowest BCUT2D eigenvalue weighted by Gasteiger charge is -2.40. The van der Waals surface area contributed by atoms with Crippen molar-refractivity contribution in [2.75, 3.05) is 50.1 Å². The van der Waals surface area contributed by atoms with Gasteiger partial charge in [-0.15, -0.1) is 0 Å². The van der Waals surface area contributed by atoms with Crippen LogP contribution in [0.1, 0.15) is 86.8 Å². The summed E-state index contributed by atoms with van der Waals surface area (Å²) >= 11 is 0. The lowest BCUT2D eigenvalue weighted by molar-refractivity contribution is -0.135. The molecule has 0 radical (unpaired) electrons. The summed E-state index contributed by atoms with van der Waals surface area (Å²) in [5.41, 5.74) is 4.05. The number of para-hydroxylation sites is 1. The third kappa shape index (κ3) is 7.43. The van der Waals surface area contributed by atoms with Crippen molar-refractivity contribution in [2.45, 2.75) is 82.3 Å². The van der Waals surface area contributed by atoms with Gasteiger partial charge < -0.3 is 24.6 Å². The number of anilines is 2. The molecule has 3 aliphatic heterocycles. The molecule has 304 valence electrons. The first-order chi connectivity index (χ1) is 28.2. The summed E-state index contributed by atoms with van der Waals surface area (Å²) in [5, 5.41) is 11.4. The minimum atomic E-state index is -0.698. The van der Waals surface area contributed by atoms with E-state index < -0.39 is 11.9 Å². The predicted molar refractivity (Wildman–Crippen MR) is 220 cm³/mol. The molecule has 15 nitrogen and oxygen atoms in total. The number of aryl methyl sites for hydroxylation is 1. The average Bonchev–Trinajstić information content (AvgIpc) is 3.76. The maximum Gasteiger partial charge on any atom is 0.329 e. The molecule has 9 rings (SSSR count). The van der Waals surface area contributed by atoms with Crippen LogP contribution in [0.2, 0.25) is 0 Å². The van der Waals surface area contributed by atoms with E-state index in [0.29, 0.717) is 55.0 Å². The summed E-state index contributed by atoms with van der Waals surface area (Å²) in [6.45, 7) is 3.82. The van der Waals surface area contributed by atoms with Crippen LogP contribution in [-0.2, 0) is 16.6 Å². The van der Waals surface area contributed by atoms with Crippen molar-refractivity contribution >= 4 is 51.0 Å². The van der Waals surface area contributed by atoms with Crippen LogP contribution < -0.4 is 30.7 Å². The Kier molecular flexibility index (Phi) is 10.4. The van der Waals surface area contributed by atoms with Crippen LogP contribution in [0.15, 0.2) is 59.5 Å². The zero-order chi connectivity index (χ0) is 39.9. The van der Waals surface area contributed by atoms with Crippen molar-refractivity contribution in [3.8, 4) is 11.6 Å². The van der Waals surface area contributed by atoms with E-state index >= 15 is 0 Å². The third-order valence-corrected chi connectivity index (χ3v) is 12.6. The number of imidazole rings is 1. The van der Waals surface area contributed by atoms with E-state index in [9.17, 15) is 19.2 Å². The molecular weight excluding hydrogens is 739 g/mol. The second-order valence-electron chi connectivity index (χ2n) is 16.4. The number of rotatable bonds is 6. The van der Waals surface area contributed by atoms with Gasteiger partial charge in [-0.05, 0) is 95.0 Å². The molecule has 2 aromatic carbocycles. The maximum atomic E-state index is 13.5. The number of imide groups is 1. The fourth-order valence-corrected chi connectivity index (χ4v) is 9.45. The van der Waals surface area contributed by atoms with Gasteiger partial charge in [-0.2, -0.15) is 5.10 Å². The smallest absolute Gasteiger partial charge is 0.329 e. The van der Waals surface area contributed by atoms with Crippen molar-refractivity contribution < 1.29 is 23.9 Å². The molecule has 1 atom stereocenters. The van der Waals surface area contributed by atoms with Gasteiger partial charge in [0.05, 0.1) is 47.2 Å². The van der Waals surface area contributed by atoms with E-state index in [2.05, 4.69) is 49.4 Å². The van der Waals surface area contributed by atoms with Crippen LogP contribution in [-0.4, -0.2) is 92.5 Å². The Morgan fingerprint density at radius 2 is 1.66 bits per heavy atom. The molecule has 1 saturated carbocycles. The van der Waals surface area contributed by atoms with Gasteiger partial charge in [0.2, 0.25) is 17.7 Å². The molecule has 3 fully saturated rings. The minimum absolute atomic E-state index is 0.218. The van der Waals surface area contributed by atoms with Gasteiger partial charge in [0.25, 0.3) is 5.91 Å². The molecule has 6 heterocycles. The van der Waals surface area contributed by atoms with Crippen LogP contribution in [0.3, 0.4) is 0 Å². The Morgan fingerprint density at radius 1 is 0.879 bits per heavy atom. The molecule has 2 saturated heterocycles. The molecular formula is C43H51N9O6. The standard InChI is InChI=1S/C43H51N9O6/c1-48(29-17-19-50(20-18-29)34-8-6-9-35-40(34)49(2)43(56)52(35)36-15-16-38(53)46-42(36)55)25-27-11-13-30(14-12-27)51-26-28-23-33-37(24-32(28)47-51)57-21-3-4-22-58-39-10-5-7-31(44-39)41(54)45-33/h5-10,23-24,26-27,29-30,36H,3-4,11-22,25H2,1-2H3,(H,45,54)(H,46,53,55). The monoisotopic (exact) mass is 789 g/mol. The number of piperidine rings is 2. The van der Waals surface area contributed by atoms with E-state index in [1.807, 2.05) is 24.3 Å². The zero-order valence-corrected chi connectivity index (χ0v) is 33.2. The summed E-state index contributed by atoms with van der Waals surface area (Å²) in [4.78, 5) is 60.5. The van der Waals surface area contributed by atoms with Crippen molar-refractivity contribution in [1.29, 1.82) is 0 Å². The van der Waals surface area contributed by atoms with Gasteiger partial charge in [-0.3, -0.25) is 33.5 Å². The minimum Gasteiger partial charge on any atom is -0.491 e. The van der Waals surface area contributed by atoms with E-state index in [4.69, 9.17) is 14.6 Å². The Hall–Kier alpha value is -5.70. The first kappa shape index (κ1) is 37.9. The summed E-state index contributed by atoms with van der Waals surface area (Å²) in [7, 11) is 4.03. The molecule has 1 aliphatic carbocycles. The summed E-state index contributed by atoms with van der Waals surface area (Å²) in [5.74, 6) is 0.629. The summed E-state index contributed by atoms with van der Waals surface area (Å²) in [6.07, 6.45) is 10.7. The molecule has 5 aromatic rings. The lowest BCUT2D eigenvalue weighted by atomic mass is 9.85. The predicted octanol–water partition coefficient (Wildman–Crippen LogP) is 5.20. The number of hydrogen-bond donors (Lipinski definition) is 2. The second-order valence-corrected chi connectivity index (χ2v) is 16.4. The van der Waals surface area contributed by atoms with Crippen molar-refractivity contribution in [2.24, 2.45) is 13.0 Å². The Bertz CT molecular complexity index is 2420. The Morgan fingerprint density at radius 3 is 2.45 bits per heavy atom. The zero-order valence-electron chi connectivity index (χ0n) is 33.2. The number of ether oxygens (including phenoxy) is 2. The third-order valence-electron chi connectivity index (χ3n) is 12.6. The quantitative estimate of drug-likeness (QED) is 0.219. The van der Waals surface area contributed by atoms with Crippen molar-refractivity contribution in [3.63, 3.8) is 0 Å². The van der Waals surface area contributed by atoms with Crippen LogP contribution in [0.25, 0.3) is 21.9 Å². The lowest BCUT2D eigenvalue weighted by Crippen LogP contribution is -2.45. The number of benzene rings is 2. The Balaban J connectivity index is 0.814. The highest BCUT2D eigenvalue weighted by atomic mass is 16.5. The number of pyridine rings is 1. The average molecular weight is 790 g/mol. The SMILES string of the molecule is CN(CC1CCC(n2cc3cc4c(cc3n2)OCCCCOc2cccc(n2)C(=O)N4)CC1)C1CCN(c2cccc3c2n(C)c(=O)n3C2CCC(=O)NC2=O)CC1. The van der Waals surface area contributed by atoms with E-state index in [0.717, 1.165) is 98.6 Å². The highest BCUT2D eigenvalue weighted by molar-refractivity contribution is 6.05. The number of nitrogens with one attached hydrogen (secondary N) is 2. The second kappa shape index (κ2) is 15.9. The van der Waals surface area contributed by atoms with Crippen molar-refractivity contribution in [1.82, 2.24) is 34.1 Å². The topological polar surface area (TPSA) is 158 Å². The van der Waals surface area contributed by atoms with Crippen LogP contribution in [0.5, 0.6) is 11.6 Å². The van der Waals surface area contributed by atoms with Gasteiger partial charge in [0.15, 0.2) is 0 Å². The maximum absolute atomic E-state index is 13.5. The fraction of sp³-hybridized carbons (Fsp3) is 0.488. The van der Waals surface area contributed by atoms with E-state index in [1.54, 1.807) is 34.4 Å². The molecule has 58 heavy (non-hydrogen) atoms. The van der Waals surface area contributed by atoms with E-state index in [-0.39, 0.29) is 29.6 Å². The highest BCUT2D eigenvalue weighted by Crippen LogP contribution is 2.37. The van der Waals surface area contributed by atoms with Crippen LogP contribution in [0.4, 0.5) is 11.4 Å². The number of hydrogen-bond acceptors (Lipinski definition) is 10. The molecule has 1 unspecified atom stereocenters. The first-order valence-corrected chi connectivity index (χ1v) is 20.8. The van der Waals surface area contributed by atoms with Gasteiger partial charge >= 0.3 is 5.69 Å². The molecule has 15 heteroatoms. The number of fused-ring (bicyclic) bond motifs is 5. The highest BCUT2D eigenvalue weighted by Gasteiger charge is 2.33. The van der Waals surface area contributed by atoms with Gasteiger partial charge in [0, 0.05) is 62.9 Å². The molecule has 2 N–H and O–H groups in total. The molecule has 0 spiro atoms. The fourth-order valence-electron chi connectivity index (χ4n) is 9.45. The summed E-state index contributed by atoms with van der Waals surface area (Å²) < 4.78 is 17.2. The number of amides is 3. The Labute approximate surface area is 336 Å². The van der Waals surface area contributed by atoms with E-state index in [1.165, 1.54) is 0 Å². The number of aromatic nitrogens is 5. The number of carbonyl (C=O) groups excluding carboxylic acids is 3. The van der Waals surface area contributed by atoms with Crippen molar-refractivity contribution in [3.05, 3.63) is 70.9 Å². The van der Waals surface area contributed by atoms with Crippen LogP contribution >= 0.6 is 0 Å². The van der Waals surface area contributed by atoms with Crippen LogP contribution in [0, 0.1) is 5.92 Å². The molecule has 3 aromatic heterocycles. The molecule has 3 amide bonds. The molecule has 4 aliphatic rings.